The van der Waals surface area contributed by atoms with Crippen molar-refractivity contribution in [3.05, 3.63) is 71.5 Å². The summed E-state index contributed by atoms with van der Waals surface area (Å²) in [5.74, 6) is 0.663. The second-order valence-electron chi connectivity index (χ2n) is 6.34. The van der Waals surface area contributed by atoms with Crippen molar-refractivity contribution < 1.29 is 4.74 Å². The lowest BCUT2D eigenvalue weighted by Gasteiger charge is -2.07. The number of hydrogen-bond donors (Lipinski definition) is 2. The Morgan fingerprint density at radius 3 is 2.83 bits per heavy atom. The molecule has 0 unspecified atom stereocenters. The molecule has 4 rings (SSSR count). The standard InChI is InChI=1S/C21H18N6OS/c1-28-16-8-7-15(12-22)11-17(16)29-21-25-18-19(23)24-13-27(20(18)26-21)10-9-14-5-3-2-4-6-14/h2-8,11,13,23H,9-10H2,1H3,(H,25,26). The first-order valence-corrected chi connectivity index (χ1v) is 9.79. The summed E-state index contributed by atoms with van der Waals surface area (Å²) < 4.78 is 7.35. The summed E-state index contributed by atoms with van der Waals surface area (Å²) in [7, 11) is 1.59. The van der Waals surface area contributed by atoms with Gasteiger partial charge in [0, 0.05) is 6.54 Å². The van der Waals surface area contributed by atoms with Crippen molar-refractivity contribution in [3.63, 3.8) is 0 Å². The minimum Gasteiger partial charge on any atom is -0.496 e. The van der Waals surface area contributed by atoms with Crippen LogP contribution in [0, 0.1) is 16.7 Å². The molecule has 0 amide bonds. The van der Waals surface area contributed by atoms with Crippen LogP contribution in [-0.4, -0.2) is 26.6 Å². The topological polar surface area (TPSA) is 103 Å². The molecule has 4 aromatic rings. The molecule has 0 aliphatic carbocycles. The maximum absolute atomic E-state index is 9.17. The molecule has 29 heavy (non-hydrogen) atoms. The van der Waals surface area contributed by atoms with Crippen molar-refractivity contribution >= 4 is 22.9 Å². The lowest BCUT2D eigenvalue weighted by molar-refractivity contribution is 0.404. The molecule has 0 atom stereocenters. The van der Waals surface area contributed by atoms with E-state index in [1.54, 1.807) is 31.6 Å². The van der Waals surface area contributed by atoms with Gasteiger partial charge in [-0.1, -0.05) is 30.3 Å². The van der Waals surface area contributed by atoms with E-state index in [1.807, 2.05) is 22.8 Å². The molecular weight excluding hydrogens is 384 g/mol. The normalized spacial score (nSPS) is 10.8. The zero-order valence-electron chi connectivity index (χ0n) is 15.7. The highest BCUT2D eigenvalue weighted by Gasteiger charge is 2.13. The molecule has 2 aromatic carbocycles. The molecule has 0 radical (unpaired) electrons. The van der Waals surface area contributed by atoms with Crippen molar-refractivity contribution in [1.29, 1.82) is 10.7 Å². The maximum atomic E-state index is 9.17. The number of H-pyrrole nitrogens is 1. The van der Waals surface area contributed by atoms with Gasteiger partial charge in [-0.25, -0.2) is 9.97 Å². The summed E-state index contributed by atoms with van der Waals surface area (Å²) >= 11 is 1.36. The van der Waals surface area contributed by atoms with Gasteiger partial charge >= 0.3 is 0 Å². The number of imidazole rings is 1. The van der Waals surface area contributed by atoms with Crippen LogP contribution in [0.4, 0.5) is 0 Å². The zero-order valence-corrected chi connectivity index (χ0v) is 16.5. The van der Waals surface area contributed by atoms with Crippen LogP contribution in [-0.2, 0) is 13.0 Å². The molecule has 0 spiro atoms. The molecule has 7 nitrogen and oxygen atoms in total. The van der Waals surface area contributed by atoms with Crippen LogP contribution in [0.2, 0.25) is 0 Å². The highest BCUT2D eigenvalue weighted by atomic mass is 32.2. The maximum Gasteiger partial charge on any atom is 0.173 e. The van der Waals surface area contributed by atoms with Gasteiger partial charge in [0.2, 0.25) is 0 Å². The quantitative estimate of drug-likeness (QED) is 0.514. The molecule has 0 bridgehead atoms. The number of hydrogen-bond acceptors (Lipinski definition) is 6. The Balaban J connectivity index is 1.66. The summed E-state index contributed by atoms with van der Waals surface area (Å²) in [6.45, 7) is 0.704. The Labute approximate surface area is 171 Å². The third kappa shape index (κ3) is 4.00. The fourth-order valence-corrected chi connectivity index (χ4v) is 3.93. The van der Waals surface area contributed by atoms with Crippen LogP contribution in [0.5, 0.6) is 5.75 Å². The number of rotatable bonds is 6. The number of aryl methyl sites for hydroxylation is 2. The van der Waals surface area contributed by atoms with Crippen LogP contribution in [0.1, 0.15) is 11.1 Å². The Morgan fingerprint density at radius 1 is 1.24 bits per heavy atom. The number of methoxy groups -OCH3 is 1. The van der Waals surface area contributed by atoms with Crippen molar-refractivity contribution in [2.24, 2.45) is 0 Å². The first kappa shape index (κ1) is 18.8. The molecule has 144 valence electrons. The average molecular weight is 402 g/mol. The molecular formula is C21H18N6OS. The van der Waals surface area contributed by atoms with Crippen LogP contribution in [0.3, 0.4) is 0 Å². The fourth-order valence-electron chi connectivity index (χ4n) is 3.00. The van der Waals surface area contributed by atoms with E-state index in [0.717, 1.165) is 11.3 Å². The lowest BCUT2D eigenvalue weighted by atomic mass is 10.1. The number of nitrogens with one attached hydrogen (secondary N) is 2. The molecule has 0 aliphatic rings. The van der Waals surface area contributed by atoms with Gasteiger partial charge in [0.1, 0.15) is 11.3 Å². The summed E-state index contributed by atoms with van der Waals surface area (Å²) in [6.07, 6.45) is 2.49. The number of ether oxygens (including phenoxy) is 1. The summed E-state index contributed by atoms with van der Waals surface area (Å²) in [6, 6.07) is 17.6. The van der Waals surface area contributed by atoms with Crippen LogP contribution in [0.25, 0.3) is 11.2 Å². The Kier molecular flexibility index (Phi) is 5.31. The van der Waals surface area contributed by atoms with Gasteiger partial charge in [-0.3, -0.25) is 5.41 Å². The van der Waals surface area contributed by atoms with E-state index in [2.05, 4.69) is 33.2 Å². The molecule has 2 aromatic heterocycles. The van der Waals surface area contributed by atoms with Crippen LogP contribution >= 0.6 is 11.8 Å². The van der Waals surface area contributed by atoms with Gasteiger partial charge in [-0.05, 0) is 41.9 Å². The molecule has 0 saturated heterocycles. The number of aromatic nitrogens is 4. The Morgan fingerprint density at radius 2 is 2.07 bits per heavy atom. The van der Waals surface area contributed by atoms with E-state index in [1.165, 1.54) is 17.3 Å². The number of fused-ring (bicyclic) bond motifs is 1. The number of nitriles is 1. The van der Waals surface area contributed by atoms with Crippen molar-refractivity contribution in [2.75, 3.05) is 7.11 Å². The van der Waals surface area contributed by atoms with Gasteiger partial charge in [0.25, 0.3) is 0 Å². The predicted molar refractivity (Wildman–Crippen MR) is 110 cm³/mol. The Bertz CT molecular complexity index is 1260. The van der Waals surface area contributed by atoms with E-state index in [9.17, 15) is 5.26 Å². The second kappa shape index (κ2) is 8.20. The van der Waals surface area contributed by atoms with E-state index in [0.29, 0.717) is 34.2 Å². The second-order valence-corrected chi connectivity index (χ2v) is 7.37. The summed E-state index contributed by atoms with van der Waals surface area (Å²) in [4.78, 5) is 12.8. The van der Waals surface area contributed by atoms with Gasteiger partial charge in [0.05, 0.1) is 30.0 Å². The molecule has 0 fully saturated rings. The molecule has 0 aliphatic heterocycles. The van der Waals surface area contributed by atoms with Gasteiger partial charge < -0.3 is 14.3 Å². The SMILES string of the molecule is COc1ccc(C#N)cc1Sc1nc2c([nH]1)c(=N)ncn2CCc1ccccc1. The number of benzene rings is 2. The third-order valence-electron chi connectivity index (χ3n) is 4.48. The number of aromatic amines is 1. The highest BCUT2D eigenvalue weighted by molar-refractivity contribution is 7.99. The average Bonchev–Trinajstić information content (AvgIpc) is 3.18. The predicted octanol–water partition coefficient (Wildman–Crippen LogP) is 3.51. The van der Waals surface area contributed by atoms with Gasteiger partial charge in [-0.2, -0.15) is 5.26 Å². The minimum atomic E-state index is 0.146. The van der Waals surface area contributed by atoms with Crippen molar-refractivity contribution in [3.8, 4) is 11.8 Å². The van der Waals surface area contributed by atoms with E-state index in [-0.39, 0.29) is 5.49 Å². The van der Waals surface area contributed by atoms with Gasteiger partial charge in [0.15, 0.2) is 16.3 Å². The zero-order chi connectivity index (χ0) is 20.2. The van der Waals surface area contributed by atoms with Crippen LogP contribution < -0.4 is 10.2 Å². The first-order valence-electron chi connectivity index (χ1n) is 8.97. The fraction of sp³-hybridized carbons (Fsp3) is 0.143. The highest BCUT2D eigenvalue weighted by Crippen LogP contribution is 2.34. The Hall–Kier alpha value is -3.57. The van der Waals surface area contributed by atoms with E-state index < -0.39 is 0 Å². The van der Waals surface area contributed by atoms with E-state index >= 15 is 0 Å². The van der Waals surface area contributed by atoms with Gasteiger partial charge in [-0.15, -0.1) is 0 Å². The van der Waals surface area contributed by atoms with Crippen molar-refractivity contribution in [2.45, 2.75) is 23.0 Å². The van der Waals surface area contributed by atoms with Crippen LogP contribution in [0.15, 0.2) is 64.9 Å². The monoisotopic (exact) mass is 402 g/mol. The summed E-state index contributed by atoms with van der Waals surface area (Å²) in [5, 5.41) is 17.9. The minimum absolute atomic E-state index is 0.146. The van der Waals surface area contributed by atoms with Crippen molar-refractivity contribution in [1.82, 2.24) is 19.5 Å². The third-order valence-corrected chi connectivity index (χ3v) is 5.41. The largest absolute Gasteiger partial charge is 0.496 e. The molecule has 2 N–H and O–H groups in total. The molecule has 2 heterocycles. The number of nitrogens with zero attached hydrogens (tertiary/aromatic N) is 4. The molecule has 0 saturated carbocycles. The summed E-state index contributed by atoms with van der Waals surface area (Å²) in [5.41, 5.74) is 3.18. The lowest BCUT2D eigenvalue weighted by Crippen LogP contribution is -2.13. The van der Waals surface area contributed by atoms with E-state index in [4.69, 9.17) is 10.1 Å². The smallest absolute Gasteiger partial charge is 0.173 e. The molecule has 8 heteroatoms. The first-order chi connectivity index (χ1) is 14.2.